The number of nitrogens with zero attached hydrogens (tertiary/aromatic N) is 2. The van der Waals surface area contributed by atoms with Crippen molar-refractivity contribution in [3.05, 3.63) is 34.9 Å². The molecule has 3 rings (SSSR count). The molecule has 2 aliphatic rings. The number of nitriles is 1. The van der Waals surface area contributed by atoms with Gasteiger partial charge in [-0.3, -0.25) is 4.90 Å². The minimum Gasteiger partial charge on any atom is -0.328 e. The van der Waals surface area contributed by atoms with Crippen molar-refractivity contribution in [3.63, 3.8) is 0 Å². The highest BCUT2D eigenvalue weighted by molar-refractivity contribution is 5.37. The summed E-state index contributed by atoms with van der Waals surface area (Å²) in [6.07, 6.45) is 4.89. The zero-order valence-corrected chi connectivity index (χ0v) is 11.5. The number of piperidine rings is 1. The fraction of sp³-hybridized carbons (Fsp3) is 0.562. The van der Waals surface area contributed by atoms with Crippen molar-refractivity contribution in [2.24, 2.45) is 5.73 Å². The van der Waals surface area contributed by atoms with Crippen molar-refractivity contribution >= 4 is 0 Å². The van der Waals surface area contributed by atoms with Gasteiger partial charge in [0.1, 0.15) is 0 Å². The second-order valence-electron chi connectivity index (χ2n) is 6.04. The second-order valence-corrected chi connectivity index (χ2v) is 6.04. The molecule has 2 fully saturated rings. The van der Waals surface area contributed by atoms with Crippen LogP contribution in [-0.2, 0) is 6.54 Å². The lowest BCUT2D eigenvalue weighted by Crippen LogP contribution is -2.46. The number of fused-ring (bicyclic) bond motifs is 2. The molecule has 2 atom stereocenters. The van der Waals surface area contributed by atoms with Crippen LogP contribution in [0.2, 0.25) is 0 Å². The Bertz CT molecular complexity index is 503. The van der Waals surface area contributed by atoms with E-state index in [0.29, 0.717) is 18.1 Å². The van der Waals surface area contributed by atoms with Gasteiger partial charge in [0.2, 0.25) is 0 Å². The predicted octanol–water partition coefficient (Wildman–Crippen LogP) is 2.32. The van der Waals surface area contributed by atoms with Crippen LogP contribution in [0.15, 0.2) is 18.2 Å². The summed E-state index contributed by atoms with van der Waals surface area (Å²) in [7, 11) is 0. The lowest BCUT2D eigenvalue weighted by Gasteiger charge is -2.38. The van der Waals surface area contributed by atoms with E-state index in [1.807, 2.05) is 12.1 Å². The lowest BCUT2D eigenvalue weighted by atomic mass is 9.96. The summed E-state index contributed by atoms with van der Waals surface area (Å²) in [4.78, 5) is 2.64. The van der Waals surface area contributed by atoms with E-state index in [9.17, 15) is 0 Å². The normalized spacial score (nSPS) is 30.3. The number of hydrogen-bond donors (Lipinski definition) is 1. The van der Waals surface area contributed by atoms with Gasteiger partial charge in [0.25, 0.3) is 0 Å². The molecule has 0 aromatic heterocycles. The van der Waals surface area contributed by atoms with Crippen molar-refractivity contribution < 1.29 is 0 Å². The van der Waals surface area contributed by atoms with E-state index in [1.165, 1.54) is 24.0 Å². The topological polar surface area (TPSA) is 53.0 Å². The highest BCUT2D eigenvalue weighted by atomic mass is 15.2. The van der Waals surface area contributed by atoms with Crippen molar-refractivity contribution in [3.8, 4) is 6.07 Å². The van der Waals surface area contributed by atoms with Gasteiger partial charge in [-0.2, -0.15) is 5.26 Å². The molecule has 2 unspecified atom stereocenters. The monoisotopic (exact) mass is 255 g/mol. The molecule has 0 spiro atoms. The summed E-state index contributed by atoms with van der Waals surface area (Å²) < 4.78 is 0. The summed E-state index contributed by atoms with van der Waals surface area (Å²) in [5.74, 6) is 0. The number of benzene rings is 1. The Labute approximate surface area is 115 Å². The van der Waals surface area contributed by atoms with Gasteiger partial charge >= 0.3 is 0 Å². The van der Waals surface area contributed by atoms with E-state index < -0.39 is 0 Å². The van der Waals surface area contributed by atoms with E-state index in [4.69, 9.17) is 11.0 Å². The molecule has 19 heavy (non-hydrogen) atoms. The SMILES string of the molecule is Cc1cc(C#N)ccc1CN1C2CCC1CC(N)C2. The second kappa shape index (κ2) is 4.96. The summed E-state index contributed by atoms with van der Waals surface area (Å²) in [6, 6.07) is 9.98. The van der Waals surface area contributed by atoms with E-state index in [-0.39, 0.29) is 0 Å². The molecule has 0 aliphatic carbocycles. The van der Waals surface area contributed by atoms with E-state index >= 15 is 0 Å². The highest BCUT2D eigenvalue weighted by Gasteiger charge is 2.39. The van der Waals surface area contributed by atoms with Gasteiger partial charge in [-0.05, 0) is 55.9 Å². The van der Waals surface area contributed by atoms with Crippen LogP contribution in [0, 0.1) is 18.3 Å². The molecule has 0 saturated carbocycles. The zero-order valence-electron chi connectivity index (χ0n) is 11.5. The van der Waals surface area contributed by atoms with Gasteiger partial charge in [-0.15, -0.1) is 0 Å². The molecular formula is C16H21N3. The quantitative estimate of drug-likeness (QED) is 0.882. The van der Waals surface area contributed by atoms with Crippen molar-refractivity contribution in [2.45, 2.75) is 57.3 Å². The first-order valence-corrected chi connectivity index (χ1v) is 7.18. The van der Waals surface area contributed by atoms with Crippen molar-refractivity contribution in [1.29, 1.82) is 5.26 Å². The summed E-state index contributed by atoms with van der Waals surface area (Å²) >= 11 is 0. The molecule has 1 aromatic carbocycles. The molecule has 2 bridgehead atoms. The third kappa shape index (κ3) is 2.39. The van der Waals surface area contributed by atoms with Gasteiger partial charge in [0, 0.05) is 24.7 Å². The smallest absolute Gasteiger partial charge is 0.0991 e. The minimum atomic E-state index is 0.399. The molecule has 3 heteroatoms. The number of hydrogen-bond acceptors (Lipinski definition) is 3. The molecule has 2 saturated heterocycles. The summed E-state index contributed by atoms with van der Waals surface area (Å²) in [5.41, 5.74) is 9.45. The first-order valence-electron chi connectivity index (χ1n) is 7.18. The van der Waals surface area contributed by atoms with Crippen LogP contribution in [-0.4, -0.2) is 23.0 Å². The fourth-order valence-corrected chi connectivity index (χ4v) is 3.71. The van der Waals surface area contributed by atoms with Gasteiger partial charge in [-0.1, -0.05) is 6.07 Å². The molecule has 0 amide bonds. The van der Waals surface area contributed by atoms with Crippen LogP contribution in [0.1, 0.15) is 42.4 Å². The van der Waals surface area contributed by atoms with Crippen molar-refractivity contribution in [1.82, 2.24) is 4.90 Å². The molecule has 3 nitrogen and oxygen atoms in total. The molecule has 2 aliphatic heterocycles. The Hall–Kier alpha value is -1.37. The molecule has 1 aromatic rings. The molecule has 2 N–H and O–H groups in total. The standard InChI is InChI=1S/C16H21N3/c1-11-6-12(9-17)2-3-13(11)10-19-15-4-5-16(19)8-14(18)7-15/h2-3,6,14-16H,4-5,7-8,10,18H2,1H3. The molecule has 0 radical (unpaired) electrons. The van der Waals surface area contributed by atoms with Gasteiger partial charge in [-0.25, -0.2) is 0 Å². The highest BCUT2D eigenvalue weighted by Crippen LogP contribution is 2.36. The lowest BCUT2D eigenvalue weighted by molar-refractivity contribution is 0.119. The maximum Gasteiger partial charge on any atom is 0.0991 e. The number of aryl methyl sites for hydroxylation is 1. The third-order valence-corrected chi connectivity index (χ3v) is 4.75. The molecular weight excluding hydrogens is 234 g/mol. The average molecular weight is 255 g/mol. The van der Waals surface area contributed by atoms with E-state index in [0.717, 1.165) is 24.9 Å². The summed E-state index contributed by atoms with van der Waals surface area (Å²) in [6.45, 7) is 3.12. The van der Waals surface area contributed by atoms with Crippen LogP contribution < -0.4 is 5.73 Å². The maximum absolute atomic E-state index is 8.92. The summed E-state index contributed by atoms with van der Waals surface area (Å²) in [5, 5.41) is 8.92. The Morgan fingerprint density at radius 3 is 2.58 bits per heavy atom. The Balaban J connectivity index is 1.77. The fourth-order valence-electron chi connectivity index (χ4n) is 3.71. The predicted molar refractivity (Wildman–Crippen MR) is 75.5 cm³/mol. The molecule has 2 heterocycles. The number of rotatable bonds is 2. The van der Waals surface area contributed by atoms with Gasteiger partial charge < -0.3 is 5.73 Å². The van der Waals surface area contributed by atoms with Crippen LogP contribution in [0.25, 0.3) is 0 Å². The van der Waals surface area contributed by atoms with E-state index in [2.05, 4.69) is 24.0 Å². The first kappa shape index (κ1) is 12.7. The third-order valence-electron chi connectivity index (χ3n) is 4.75. The Morgan fingerprint density at radius 2 is 2.00 bits per heavy atom. The minimum absolute atomic E-state index is 0.399. The Morgan fingerprint density at radius 1 is 1.32 bits per heavy atom. The Kier molecular flexibility index (Phi) is 3.30. The first-order chi connectivity index (χ1) is 9.17. The van der Waals surface area contributed by atoms with Gasteiger partial charge in [0.05, 0.1) is 11.6 Å². The van der Waals surface area contributed by atoms with Crippen molar-refractivity contribution in [2.75, 3.05) is 0 Å². The average Bonchev–Trinajstić information content (AvgIpc) is 2.63. The van der Waals surface area contributed by atoms with Crippen LogP contribution in [0.3, 0.4) is 0 Å². The number of nitrogens with two attached hydrogens (primary N) is 1. The van der Waals surface area contributed by atoms with Gasteiger partial charge in [0.15, 0.2) is 0 Å². The van der Waals surface area contributed by atoms with Crippen LogP contribution in [0.5, 0.6) is 0 Å². The largest absolute Gasteiger partial charge is 0.328 e. The zero-order chi connectivity index (χ0) is 13.4. The maximum atomic E-state index is 8.92. The van der Waals surface area contributed by atoms with Crippen LogP contribution >= 0.6 is 0 Å². The van der Waals surface area contributed by atoms with Crippen LogP contribution in [0.4, 0.5) is 0 Å². The van der Waals surface area contributed by atoms with E-state index in [1.54, 1.807) is 0 Å². The molecule has 100 valence electrons.